The number of nitriles is 3. The minimum atomic E-state index is -0.795. The molecule has 2 aliphatic heterocycles. The maximum Gasteiger partial charge on any atom is 0.172 e. The molecule has 0 atom stereocenters. The van der Waals surface area contributed by atoms with Crippen molar-refractivity contribution in [2.75, 3.05) is 18.0 Å². The molecule has 6 nitrogen and oxygen atoms in total. The van der Waals surface area contributed by atoms with Crippen LogP contribution < -0.4 is 4.90 Å². The summed E-state index contributed by atoms with van der Waals surface area (Å²) in [6, 6.07) is 9.91. The SMILES string of the molecule is Cn1c(/C=C/C2=C(C#N)C(=C(C#N)C#N)OC2(C)C)ccc1N1CCCCC1. The summed E-state index contributed by atoms with van der Waals surface area (Å²) >= 11 is 0. The van der Waals surface area contributed by atoms with Gasteiger partial charge in [-0.2, -0.15) is 15.8 Å². The summed E-state index contributed by atoms with van der Waals surface area (Å²) in [6.07, 6.45) is 7.53. The van der Waals surface area contributed by atoms with E-state index in [0.717, 1.165) is 18.8 Å². The maximum atomic E-state index is 9.62. The molecular formula is C22H23N5O. The lowest BCUT2D eigenvalue weighted by molar-refractivity contribution is 0.0954. The zero-order valence-electron chi connectivity index (χ0n) is 16.5. The van der Waals surface area contributed by atoms with Gasteiger partial charge in [0.1, 0.15) is 35.2 Å². The van der Waals surface area contributed by atoms with E-state index in [0.29, 0.717) is 5.57 Å². The molecule has 0 unspecified atom stereocenters. The van der Waals surface area contributed by atoms with Gasteiger partial charge in [-0.25, -0.2) is 0 Å². The van der Waals surface area contributed by atoms with Gasteiger partial charge in [0, 0.05) is 31.4 Å². The number of hydrogen-bond donors (Lipinski definition) is 0. The standard InChI is InChI=1S/C22H23N5O/c1-22(2)19(18(15-25)21(28-22)16(13-23)14-24)9-7-17-8-10-20(26(17)3)27-11-5-4-6-12-27/h7-10H,4-6,11-12H2,1-3H3/b9-7+. The highest BCUT2D eigenvalue weighted by Gasteiger charge is 2.38. The summed E-state index contributed by atoms with van der Waals surface area (Å²) in [5, 5.41) is 27.9. The largest absolute Gasteiger partial charge is 0.480 e. The molecule has 1 aromatic heterocycles. The van der Waals surface area contributed by atoms with Gasteiger partial charge in [0.15, 0.2) is 11.3 Å². The van der Waals surface area contributed by atoms with Gasteiger partial charge < -0.3 is 14.2 Å². The highest BCUT2D eigenvalue weighted by Crippen LogP contribution is 2.40. The molecule has 6 heteroatoms. The smallest absolute Gasteiger partial charge is 0.172 e. The Bertz CT molecular complexity index is 979. The molecular weight excluding hydrogens is 350 g/mol. The number of anilines is 1. The van der Waals surface area contributed by atoms with Crippen LogP contribution in [0, 0.1) is 34.0 Å². The van der Waals surface area contributed by atoms with Crippen LogP contribution in [0.1, 0.15) is 38.8 Å². The van der Waals surface area contributed by atoms with Crippen LogP contribution in [0.4, 0.5) is 5.82 Å². The summed E-state index contributed by atoms with van der Waals surface area (Å²) in [7, 11) is 2.04. The summed E-state index contributed by atoms with van der Waals surface area (Å²) in [6.45, 7) is 5.80. The Morgan fingerprint density at radius 1 is 1.07 bits per heavy atom. The molecule has 0 bridgehead atoms. The van der Waals surface area contributed by atoms with Gasteiger partial charge in [-0.3, -0.25) is 0 Å². The van der Waals surface area contributed by atoms with Crippen molar-refractivity contribution in [2.24, 2.45) is 7.05 Å². The minimum Gasteiger partial charge on any atom is -0.480 e. The lowest BCUT2D eigenvalue weighted by Gasteiger charge is -2.29. The van der Waals surface area contributed by atoms with Gasteiger partial charge in [-0.05, 0) is 51.3 Å². The Morgan fingerprint density at radius 3 is 2.36 bits per heavy atom. The van der Waals surface area contributed by atoms with Crippen LogP contribution in [0.3, 0.4) is 0 Å². The normalized spacial score (nSPS) is 18.6. The van der Waals surface area contributed by atoms with E-state index in [-0.39, 0.29) is 16.9 Å². The van der Waals surface area contributed by atoms with Gasteiger partial charge in [0.2, 0.25) is 0 Å². The minimum absolute atomic E-state index is 0.0676. The fourth-order valence-corrected chi connectivity index (χ4v) is 3.77. The lowest BCUT2D eigenvalue weighted by Crippen LogP contribution is -2.30. The molecule has 0 amide bonds. The molecule has 1 aromatic rings. The Hall–Kier alpha value is -3.43. The molecule has 0 aromatic carbocycles. The molecule has 0 aliphatic carbocycles. The number of piperidine rings is 1. The fourth-order valence-electron chi connectivity index (χ4n) is 3.77. The first-order chi connectivity index (χ1) is 13.4. The van der Waals surface area contributed by atoms with Crippen LogP contribution >= 0.6 is 0 Å². The molecule has 1 saturated heterocycles. The molecule has 3 heterocycles. The second kappa shape index (κ2) is 7.67. The van der Waals surface area contributed by atoms with Crippen molar-refractivity contribution in [3.05, 3.63) is 46.4 Å². The van der Waals surface area contributed by atoms with Crippen molar-refractivity contribution in [2.45, 2.75) is 38.7 Å². The van der Waals surface area contributed by atoms with Gasteiger partial charge in [0.25, 0.3) is 0 Å². The maximum absolute atomic E-state index is 9.62. The summed E-state index contributed by atoms with van der Waals surface area (Å²) in [5.74, 6) is 1.26. The molecule has 0 radical (unpaired) electrons. The van der Waals surface area contributed by atoms with Crippen molar-refractivity contribution < 1.29 is 4.74 Å². The molecule has 28 heavy (non-hydrogen) atoms. The molecule has 142 valence electrons. The quantitative estimate of drug-likeness (QED) is 0.748. The zero-order valence-corrected chi connectivity index (χ0v) is 16.5. The van der Waals surface area contributed by atoms with E-state index in [2.05, 4.69) is 27.7 Å². The number of aromatic nitrogens is 1. The number of ether oxygens (including phenoxy) is 1. The zero-order chi connectivity index (χ0) is 20.3. The van der Waals surface area contributed by atoms with E-state index in [9.17, 15) is 5.26 Å². The van der Waals surface area contributed by atoms with Crippen molar-refractivity contribution in [3.8, 4) is 18.2 Å². The highest BCUT2D eigenvalue weighted by atomic mass is 16.5. The first-order valence-corrected chi connectivity index (χ1v) is 9.40. The number of rotatable bonds is 3. The van der Waals surface area contributed by atoms with Crippen molar-refractivity contribution in [3.63, 3.8) is 0 Å². The van der Waals surface area contributed by atoms with E-state index in [4.69, 9.17) is 15.3 Å². The summed E-state index contributed by atoms with van der Waals surface area (Å²) < 4.78 is 7.94. The lowest BCUT2D eigenvalue weighted by atomic mass is 9.94. The Kier molecular flexibility index (Phi) is 5.30. The number of allylic oxidation sites excluding steroid dienone is 2. The van der Waals surface area contributed by atoms with E-state index in [1.807, 2.05) is 45.2 Å². The van der Waals surface area contributed by atoms with E-state index >= 15 is 0 Å². The molecule has 1 fully saturated rings. The molecule has 0 N–H and O–H groups in total. The highest BCUT2D eigenvalue weighted by molar-refractivity contribution is 5.64. The molecule has 3 rings (SSSR count). The Morgan fingerprint density at radius 2 is 1.75 bits per heavy atom. The van der Waals surface area contributed by atoms with Gasteiger partial charge >= 0.3 is 0 Å². The number of nitrogens with zero attached hydrogens (tertiary/aromatic N) is 5. The third kappa shape index (κ3) is 3.40. The molecule has 0 saturated carbocycles. The van der Waals surface area contributed by atoms with Crippen LogP contribution in [-0.4, -0.2) is 23.3 Å². The van der Waals surface area contributed by atoms with Crippen LogP contribution in [0.15, 0.2) is 40.7 Å². The average molecular weight is 373 g/mol. The first-order valence-electron chi connectivity index (χ1n) is 9.40. The van der Waals surface area contributed by atoms with E-state index < -0.39 is 5.60 Å². The molecule has 0 spiro atoms. The Labute approximate surface area is 165 Å². The van der Waals surface area contributed by atoms with Crippen molar-refractivity contribution in [1.29, 1.82) is 15.8 Å². The van der Waals surface area contributed by atoms with Gasteiger partial charge in [0.05, 0.1) is 0 Å². The first kappa shape index (κ1) is 19.3. The average Bonchev–Trinajstić information content (AvgIpc) is 3.18. The Balaban J connectivity index is 1.97. The predicted octanol–water partition coefficient (Wildman–Crippen LogP) is 3.96. The summed E-state index contributed by atoms with van der Waals surface area (Å²) in [4.78, 5) is 2.40. The van der Waals surface area contributed by atoms with Crippen LogP contribution in [0.5, 0.6) is 0 Å². The van der Waals surface area contributed by atoms with Crippen LogP contribution in [0.25, 0.3) is 6.08 Å². The second-order valence-corrected chi connectivity index (χ2v) is 7.50. The van der Waals surface area contributed by atoms with Crippen molar-refractivity contribution in [1.82, 2.24) is 4.57 Å². The van der Waals surface area contributed by atoms with E-state index in [1.165, 1.54) is 25.1 Å². The van der Waals surface area contributed by atoms with Crippen LogP contribution in [-0.2, 0) is 11.8 Å². The second-order valence-electron chi connectivity index (χ2n) is 7.50. The van der Waals surface area contributed by atoms with Gasteiger partial charge in [-0.15, -0.1) is 0 Å². The molecule has 2 aliphatic rings. The van der Waals surface area contributed by atoms with E-state index in [1.54, 1.807) is 0 Å². The van der Waals surface area contributed by atoms with Crippen molar-refractivity contribution >= 4 is 11.9 Å². The van der Waals surface area contributed by atoms with Crippen LogP contribution in [0.2, 0.25) is 0 Å². The predicted molar refractivity (Wildman–Crippen MR) is 107 cm³/mol. The third-order valence-electron chi connectivity index (χ3n) is 5.30. The van der Waals surface area contributed by atoms with Gasteiger partial charge in [-0.1, -0.05) is 6.08 Å². The number of hydrogen-bond acceptors (Lipinski definition) is 5. The topological polar surface area (TPSA) is 88.8 Å². The fraction of sp³-hybridized carbons (Fsp3) is 0.409. The summed E-state index contributed by atoms with van der Waals surface area (Å²) in [5.41, 5.74) is 0.939. The third-order valence-corrected chi connectivity index (χ3v) is 5.30. The monoisotopic (exact) mass is 373 g/mol.